The van der Waals surface area contributed by atoms with Gasteiger partial charge in [-0.3, -0.25) is 14.9 Å². The molecule has 7 nitrogen and oxygen atoms in total. The molecule has 4 amide bonds. The van der Waals surface area contributed by atoms with Gasteiger partial charge in [0.15, 0.2) is 11.5 Å². The second-order valence-corrected chi connectivity index (χ2v) is 6.18. The summed E-state index contributed by atoms with van der Waals surface area (Å²) in [5.41, 5.74) is 2.30. The number of anilines is 1. The molecule has 0 aromatic heterocycles. The van der Waals surface area contributed by atoms with Gasteiger partial charge in [-0.2, -0.15) is 0 Å². The molecule has 0 atom stereocenters. The zero-order valence-electron chi connectivity index (χ0n) is 15.1. The average Bonchev–Trinajstić information content (AvgIpc) is 2.62. The van der Waals surface area contributed by atoms with E-state index in [0.717, 1.165) is 16.0 Å². The predicted molar refractivity (Wildman–Crippen MR) is 99.6 cm³/mol. The van der Waals surface area contributed by atoms with E-state index in [9.17, 15) is 19.5 Å². The third-order valence-corrected chi connectivity index (χ3v) is 4.22. The number of aryl methyl sites for hydroxylation is 2. The molecule has 138 valence electrons. The van der Waals surface area contributed by atoms with Gasteiger partial charge in [-0.1, -0.05) is 18.2 Å². The van der Waals surface area contributed by atoms with Gasteiger partial charge < -0.3 is 9.84 Å². The fourth-order valence-electron chi connectivity index (χ4n) is 2.79. The Morgan fingerprint density at radius 1 is 1.07 bits per heavy atom. The molecule has 1 aliphatic rings. The summed E-state index contributed by atoms with van der Waals surface area (Å²) in [6.07, 6.45) is 1.35. The molecule has 0 saturated carbocycles. The van der Waals surface area contributed by atoms with E-state index in [-0.39, 0.29) is 17.1 Å². The normalized spacial score (nSPS) is 15.9. The number of methoxy groups -OCH3 is 1. The maximum Gasteiger partial charge on any atom is 0.335 e. The highest BCUT2D eigenvalue weighted by Gasteiger charge is 2.37. The van der Waals surface area contributed by atoms with Crippen molar-refractivity contribution in [2.45, 2.75) is 13.8 Å². The van der Waals surface area contributed by atoms with E-state index in [2.05, 4.69) is 5.32 Å². The van der Waals surface area contributed by atoms with Gasteiger partial charge in [0.1, 0.15) is 5.57 Å². The number of carbonyl (C=O) groups excluding carboxylic acids is 3. The second-order valence-electron chi connectivity index (χ2n) is 6.18. The number of amides is 4. The minimum atomic E-state index is -0.792. The third-order valence-electron chi connectivity index (χ3n) is 4.22. The molecule has 0 radical (unpaired) electrons. The van der Waals surface area contributed by atoms with E-state index < -0.39 is 17.8 Å². The molecule has 1 aliphatic heterocycles. The van der Waals surface area contributed by atoms with E-state index in [1.807, 2.05) is 13.0 Å². The smallest absolute Gasteiger partial charge is 0.335 e. The number of phenols is 1. The highest BCUT2D eigenvalue weighted by Crippen LogP contribution is 2.29. The van der Waals surface area contributed by atoms with Gasteiger partial charge >= 0.3 is 6.03 Å². The number of urea groups is 1. The van der Waals surface area contributed by atoms with Gasteiger partial charge in [-0.15, -0.1) is 0 Å². The SMILES string of the molecule is COc1cc(/C=C2\C(=O)NC(=O)N(c3cc(C)ccc3C)C2=O)ccc1O. The Morgan fingerprint density at radius 2 is 1.81 bits per heavy atom. The Labute approximate surface area is 155 Å². The Balaban J connectivity index is 2.06. The first-order valence-corrected chi connectivity index (χ1v) is 8.17. The molecule has 1 heterocycles. The summed E-state index contributed by atoms with van der Waals surface area (Å²) in [4.78, 5) is 38.4. The molecule has 3 rings (SSSR count). The molecule has 0 aliphatic carbocycles. The van der Waals surface area contributed by atoms with Crippen LogP contribution in [0.25, 0.3) is 6.08 Å². The topological polar surface area (TPSA) is 95.9 Å². The molecule has 7 heteroatoms. The van der Waals surface area contributed by atoms with Crippen LogP contribution < -0.4 is 15.0 Å². The fraction of sp³-hybridized carbons (Fsp3) is 0.150. The van der Waals surface area contributed by atoms with E-state index >= 15 is 0 Å². The predicted octanol–water partition coefficient (Wildman–Crippen LogP) is 2.68. The van der Waals surface area contributed by atoms with Gasteiger partial charge in [-0.05, 0) is 54.8 Å². The van der Waals surface area contributed by atoms with Crippen molar-refractivity contribution in [1.29, 1.82) is 0 Å². The average molecular weight is 366 g/mol. The largest absolute Gasteiger partial charge is 0.504 e. The molecule has 27 heavy (non-hydrogen) atoms. The van der Waals surface area contributed by atoms with E-state index in [1.165, 1.54) is 31.4 Å². The molecular formula is C20H18N2O5. The van der Waals surface area contributed by atoms with Gasteiger partial charge in [0, 0.05) is 0 Å². The van der Waals surface area contributed by atoms with Gasteiger partial charge in [0.2, 0.25) is 0 Å². The monoisotopic (exact) mass is 366 g/mol. The zero-order valence-corrected chi connectivity index (χ0v) is 15.1. The standard InChI is InChI=1S/C20H18N2O5/c1-11-4-5-12(2)15(8-11)22-19(25)14(18(24)21-20(22)26)9-13-6-7-16(23)17(10-13)27-3/h4-10,23H,1-3H3,(H,21,24,26)/b14-9+. The number of phenolic OH excluding ortho intramolecular Hbond substituents is 1. The Bertz CT molecular complexity index is 994. The van der Waals surface area contributed by atoms with Crippen LogP contribution in [0.3, 0.4) is 0 Å². The van der Waals surface area contributed by atoms with Crippen LogP contribution in [0.1, 0.15) is 16.7 Å². The summed E-state index contributed by atoms with van der Waals surface area (Å²) in [6, 6.07) is 9.00. The van der Waals surface area contributed by atoms with Crippen LogP contribution in [0.2, 0.25) is 0 Å². The van der Waals surface area contributed by atoms with Gasteiger partial charge in [-0.25, -0.2) is 9.69 Å². The molecule has 0 unspecified atom stereocenters. The van der Waals surface area contributed by atoms with Crippen molar-refractivity contribution in [1.82, 2.24) is 5.32 Å². The minimum absolute atomic E-state index is 0.0636. The first-order chi connectivity index (χ1) is 12.8. The quantitative estimate of drug-likeness (QED) is 0.643. The number of nitrogens with zero attached hydrogens (tertiary/aromatic N) is 1. The van der Waals surface area contributed by atoms with Crippen LogP contribution in [0, 0.1) is 13.8 Å². The van der Waals surface area contributed by atoms with Crippen LogP contribution in [0.15, 0.2) is 42.0 Å². The molecule has 2 aromatic carbocycles. The number of hydrogen-bond acceptors (Lipinski definition) is 5. The summed E-state index contributed by atoms with van der Waals surface area (Å²) in [6.45, 7) is 3.62. The fourth-order valence-corrected chi connectivity index (χ4v) is 2.79. The van der Waals surface area contributed by atoms with Gasteiger partial charge in [0.05, 0.1) is 12.8 Å². The van der Waals surface area contributed by atoms with Crippen LogP contribution in [0.5, 0.6) is 11.5 Å². The lowest BCUT2D eigenvalue weighted by molar-refractivity contribution is -0.122. The molecule has 1 saturated heterocycles. The summed E-state index contributed by atoms with van der Waals surface area (Å²) < 4.78 is 5.04. The number of benzene rings is 2. The minimum Gasteiger partial charge on any atom is -0.504 e. The number of imide groups is 2. The Morgan fingerprint density at radius 3 is 2.52 bits per heavy atom. The molecule has 0 spiro atoms. The van der Waals surface area contributed by atoms with Crippen LogP contribution in [-0.4, -0.2) is 30.1 Å². The molecule has 0 bridgehead atoms. The van der Waals surface area contributed by atoms with Crippen molar-refractivity contribution >= 4 is 29.6 Å². The van der Waals surface area contributed by atoms with Crippen LogP contribution in [-0.2, 0) is 9.59 Å². The summed E-state index contributed by atoms with van der Waals surface area (Å²) >= 11 is 0. The number of ether oxygens (including phenoxy) is 1. The van der Waals surface area contributed by atoms with Crippen molar-refractivity contribution in [2.75, 3.05) is 12.0 Å². The van der Waals surface area contributed by atoms with Crippen molar-refractivity contribution in [3.63, 3.8) is 0 Å². The van der Waals surface area contributed by atoms with Crippen molar-refractivity contribution < 1.29 is 24.2 Å². The highest BCUT2D eigenvalue weighted by molar-refractivity contribution is 6.39. The molecule has 2 N–H and O–H groups in total. The highest BCUT2D eigenvalue weighted by atomic mass is 16.5. The summed E-state index contributed by atoms with van der Waals surface area (Å²) in [5.74, 6) is -1.36. The van der Waals surface area contributed by atoms with Crippen molar-refractivity contribution in [3.8, 4) is 11.5 Å². The number of rotatable bonds is 3. The van der Waals surface area contributed by atoms with E-state index in [0.29, 0.717) is 11.3 Å². The zero-order chi connectivity index (χ0) is 19.7. The third kappa shape index (κ3) is 3.39. The molecule has 1 fully saturated rings. The Hall–Kier alpha value is -3.61. The van der Waals surface area contributed by atoms with Crippen LogP contribution >= 0.6 is 0 Å². The second kappa shape index (κ2) is 6.95. The number of nitrogens with one attached hydrogen (secondary N) is 1. The van der Waals surface area contributed by atoms with E-state index in [1.54, 1.807) is 19.1 Å². The summed E-state index contributed by atoms with van der Waals surface area (Å²) in [7, 11) is 1.39. The van der Waals surface area contributed by atoms with Crippen molar-refractivity contribution in [2.24, 2.45) is 0 Å². The van der Waals surface area contributed by atoms with Crippen LogP contribution in [0.4, 0.5) is 10.5 Å². The number of hydrogen-bond donors (Lipinski definition) is 2. The first-order valence-electron chi connectivity index (χ1n) is 8.17. The number of carbonyl (C=O) groups is 3. The Kier molecular flexibility index (Phi) is 4.68. The summed E-state index contributed by atoms with van der Waals surface area (Å²) in [5, 5.41) is 11.9. The molecular weight excluding hydrogens is 348 g/mol. The maximum absolute atomic E-state index is 12.9. The molecule has 2 aromatic rings. The van der Waals surface area contributed by atoms with Gasteiger partial charge in [0.25, 0.3) is 11.8 Å². The first kappa shape index (κ1) is 18.2. The lowest BCUT2D eigenvalue weighted by atomic mass is 10.0. The number of aromatic hydroxyl groups is 1. The van der Waals surface area contributed by atoms with E-state index in [4.69, 9.17) is 4.74 Å². The van der Waals surface area contributed by atoms with Crippen molar-refractivity contribution in [3.05, 3.63) is 58.7 Å². The lowest BCUT2D eigenvalue weighted by Crippen LogP contribution is -2.54. The maximum atomic E-state index is 12.9. The lowest BCUT2D eigenvalue weighted by Gasteiger charge is -2.27. The number of barbiturate groups is 1.